The van der Waals surface area contributed by atoms with Crippen molar-refractivity contribution in [3.05, 3.63) is 28.8 Å². The number of fused-ring (bicyclic) bond motifs is 7. The number of para-hydroxylation sites is 1. The fraction of sp³-hybridized carbons (Fsp3) is 0.550. The van der Waals surface area contributed by atoms with E-state index in [1.807, 2.05) is 6.07 Å². The van der Waals surface area contributed by atoms with Crippen molar-refractivity contribution in [3.63, 3.8) is 0 Å². The van der Waals surface area contributed by atoms with E-state index in [2.05, 4.69) is 10.2 Å². The maximum absolute atomic E-state index is 13.4. The predicted molar refractivity (Wildman–Crippen MR) is 102 cm³/mol. The van der Waals surface area contributed by atoms with Gasteiger partial charge < -0.3 is 10.1 Å². The van der Waals surface area contributed by atoms with Gasteiger partial charge in [0.15, 0.2) is 0 Å². The van der Waals surface area contributed by atoms with Gasteiger partial charge in [-0.1, -0.05) is 23.7 Å². The van der Waals surface area contributed by atoms with Crippen LogP contribution in [0.25, 0.3) is 0 Å². The molecule has 148 valence electrons. The molecule has 0 radical (unpaired) electrons. The number of likely N-dealkylation sites (tertiary alicyclic amines) is 1. The number of nitrogens with one attached hydrogen (secondary N) is 1. The minimum Gasteiger partial charge on any atom is -0.385 e. The van der Waals surface area contributed by atoms with Crippen LogP contribution in [-0.4, -0.2) is 60.4 Å². The summed E-state index contributed by atoms with van der Waals surface area (Å²) >= 11 is 6.35. The quantitative estimate of drug-likeness (QED) is 0.610. The van der Waals surface area contributed by atoms with E-state index in [-0.39, 0.29) is 23.8 Å². The first-order valence-corrected chi connectivity index (χ1v) is 10.1. The van der Waals surface area contributed by atoms with E-state index in [1.54, 1.807) is 19.2 Å². The van der Waals surface area contributed by atoms with Gasteiger partial charge in [-0.3, -0.25) is 24.2 Å². The number of carbonyl (C=O) groups excluding carboxylic acids is 3. The highest BCUT2D eigenvalue weighted by Gasteiger charge is 2.74. The molecule has 28 heavy (non-hydrogen) atoms. The Labute approximate surface area is 167 Å². The molecule has 7 nitrogen and oxygen atoms in total. The molecule has 3 saturated heterocycles. The standard InChI is InChI=1S/C20H22ClN3O4/c1-28-10-4-8-23-17(25)14-13-7-3-9-24(13)20(15(14)18(23)26)11-5-2-6-12(21)16(11)22-19(20)27/h2,5-6,13-15H,3-4,7-10H2,1H3,(H,22,27). The summed E-state index contributed by atoms with van der Waals surface area (Å²) in [6.45, 7) is 1.50. The molecular weight excluding hydrogens is 382 g/mol. The normalized spacial score (nSPS) is 33.6. The molecule has 4 heterocycles. The van der Waals surface area contributed by atoms with Gasteiger partial charge in [0.1, 0.15) is 5.54 Å². The van der Waals surface area contributed by atoms with Crippen LogP contribution in [0.1, 0.15) is 24.8 Å². The SMILES string of the molecule is COCCCN1C(=O)C2C3CCCN3C3(C(=O)Nc4c(Cl)cccc43)C2C1=O. The number of halogens is 1. The molecule has 4 unspecified atom stereocenters. The second-order valence-corrected chi connectivity index (χ2v) is 8.37. The fourth-order valence-electron chi connectivity index (χ4n) is 5.84. The van der Waals surface area contributed by atoms with E-state index >= 15 is 0 Å². The molecule has 4 aliphatic rings. The molecule has 1 spiro atoms. The number of imide groups is 1. The lowest BCUT2D eigenvalue weighted by Gasteiger charge is -2.36. The highest BCUT2D eigenvalue weighted by Crippen LogP contribution is 2.60. The number of benzene rings is 1. The smallest absolute Gasteiger partial charge is 0.250 e. The molecule has 0 aromatic heterocycles. The minimum absolute atomic E-state index is 0.0930. The molecule has 3 fully saturated rings. The number of anilines is 1. The van der Waals surface area contributed by atoms with Crippen LogP contribution < -0.4 is 5.32 Å². The molecule has 0 saturated carbocycles. The van der Waals surface area contributed by atoms with Crippen LogP contribution in [0.15, 0.2) is 18.2 Å². The van der Waals surface area contributed by atoms with E-state index in [4.69, 9.17) is 16.3 Å². The van der Waals surface area contributed by atoms with Gasteiger partial charge in [-0.2, -0.15) is 0 Å². The van der Waals surface area contributed by atoms with E-state index in [0.717, 1.165) is 18.4 Å². The summed E-state index contributed by atoms with van der Waals surface area (Å²) < 4.78 is 5.07. The number of ether oxygens (including phenoxy) is 1. The van der Waals surface area contributed by atoms with Gasteiger partial charge in [-0.15, -0.1) is 0 Å². The second-order valence-electron chi connectivity index (χ2n) is 7.96. The molecular formula is C20H22ClN3O4. The Morgan fingerprint density at radius 2 is 2.11 bits per heavy atom. The topological polar surface area (TPSA) is 79.0 Å². The molecule has 0 bridgehead atoms. The molecule has 8 heteroatoms. The summed E-state index contributed by atoms with van der Waals surface area (Å²) in [5.74, 6) is -1.82. The summed E-state index contributed by atoms with van der Waals surface area (Å²) in [6.07, 6.45) is 2.31. The van der Waals surface area contributed by atoms with Crippen LogP contribution in [-0.2, 0) is 24.7 Å². The van der Waals surface area contributed by atoms with Crippen LogP contribution in [0.5, 0.6) is 0 Å². The van der Waals surface area contributed by atoms with Crippen molar-refractivity contribution in [1.82, 2.24) is 9.80 Å². The Kier molecular flexibility index (Phi) is 4.05. The van der Waals surface area contributed by atoms with E-state index in [1.165, 1.54) is 4.90 Å². The van der Waals surface area contributed by atoms with Crippen molar-refractivity contribution in [2.24, 2.45) is 11.8 Å². The maximum atomic E-state index is 13.4. The molecule has 1 aromatic rings. The zero-order valence-corrected chi connectivity index (χ0v) is 16.4. The summed E-state index contributed by atoms with van der Waals surface area (Å²) in [5, 5.41) is 3.37. The third-order valence-corrected chi connectivity index (χ3v) is 7.11. The number of rotatable bonds is 4. The molecule has 5 rings (SSSR count). The zero-order valence-electron chi connectivity index (χ0n) is 15.6. The fourth-order valence-corrected chi connectivity index (χ4v) is 6.06. The van der Waals surface area contributed by atoms with Gasteiger partial charge in [0.25, 0.3) is 5.91 Å². The Balaban J connectivity index is 1.64. The maximum Gasteiger partial charge on any atom is 0.250 e. The predicted octanol–water partition coefficient (Wildman–Crippen LogP) is 1.60. The lowest BCUT2D eigenvalue weighted by atomic mass is 9.75. The summed E-state index contributed by atoms with van der Waals surface area (Å²) in [5.41, 5.74) is 0.150. The van der Waals surface area contributed by atoms with Crippen LogP contribution in [0.4, 0.5) is 5.69 Å². The molecule has 4 aliphatic heterocycles. The Morgan fingerprint density at radius 1 is 1.29 bits per heavy atom. The Bertz CT molecular complexity index is 890. The number of nitrogens with zero attached hydrogens (tertiary/aromatic N) is 2. The summed E-state index contributed by atoms with van der Waals surface area (Å²) in [6, 6.07) is 5.30. The first-order valence-electron chi connectivity index (χ1n) is 9.74. The van der Waals surface area contributed by atoms with E-state index < -0.39 is 17.4 Å². The molecule has 4 atom stereocenters. The van der Waals surface area contributed by atoms with Gasteiger partial charge in [0, 0.05) is 31.9 Å². The summed E-state index contributed by atoms with van der Waals surface area (Å²) in [4.78, 5) is 43.5. The van der Waals surface area contributed by atoms with Crippen molar-refractivity contribution in [2.75, 3.05) is 32.1 Å². The van der Waals surface area contributed by atoms with Crippen molar-refractivity contribution < 1.29 is 19.1 Å². The highest BCUT2D eigenvalue weighted by atomic mass is 35.5. The minimum atomic E-state index is -1.14. The number of hydrogen-bond acceptors (Lipinski definition) is 5. The molecule has 0 aliphatic carbocycles. The first kappa shape index (κ1) is 18.1. The lowest BCUT2D eigenvalue weighted by Crippen LogP contribution is -2.54. The third kappa shape index (κ3) is 2.04. The van der Waals surface area contributed by atoms with Crippen LogP contribution in [0, 0.1) is 11.8 Å². The van der Waals surface area contributed by atoms with Crippen LogP contribution in [0.2, 0.25) is 5.02 Å². The number of carbonyl (C=O) groups is 3. The number of methoxy groups -OCH3 is 1. The van der Waals surface area contributed by atoms with Crippen LogP contribution in [0.3, 0.4) is 0 Å². The largest absolute Gasteiger partial charge is 0.385 e. The molecule has 1 N–H and O–H groups in total. The number of hydrogen-bond donors (Lipinski definition) is 1. The van der Waals surface area contributed by atoms with Gasteiger partial charge >= 0.3 is 0 Å². The molecule has 1 aromatic carbocycles. The zero-order chi connectivity index (χ0) is 19.6. The van der Waals surface area contributed by atoms with Crippen molar-refractivity contribution >= 4 is 35.0 Å². The second kappa shape index (κ2) is 6.27. The molecule has 3 amide bonds. The Morgan fingerprint density at radius 3 is 2.89 bits per heavy atom. The van der Waals surface area contributed by atoms with Crippen molar-refractivity contribution in [1.29, 1.82) is 0 Å². The average Bonchev–Trinajstić information content (AvgIpc) is 3.37. The van der Waals surface area contributed by atoms with E-state index in [0.29, 0.717) is 36.8 Å². The van der Waals surface area contributed by atoms with Gasteiger partial charge in [-0.05, 0) is 31.9 Å². The van der Waals surface area contributed by atoms with Gasteiger partial charge in [-0.25, -0.2) is 0 Å². The lowest BCUT2D eigenvalue weighted by molar-refractivity contribution is -0.145. The highest BCUT2D eigenvalue weighted by molar-refractivity contribution is 6.35. The number of amides is 3. The van der Waals surface area contributed by atoms with Gasteiger partial charge in [0.2, 0.25) is 11.8 Å². The van der Waals surface area contributed by atoms with E-state index in [9.17, 15) is 14.4 Å². The third-order valence-electron chi connectivity index (χ3n) is 6.80. The first-order chi connectivity index (χ1) is 13.5. The average molecular weight is 404 g/mol. The monoisotopic (exact) mass is 403 g/mol. The van der Waals surface area contributed by atoms with Gasteiger partial charge in [0.05, 0.1) is 22.5 Å². The Hall–Kier alpha value is -1.96. The summed E-state index contributed by atoms with van der Waals surface area (Å²) in [7, 11) is 1.59. The van der Waals surface area contributed by atoms with Crippen molar-refractivity contribution in [2.45, 2.75) is 30.8 Å². The van der Waals surface area contributed by atoms with Crippen molar-refractivity contribution in [3.8, 4) is 0 Å². The van der Waals surface area contributed by atoms with Crippen LogP contribution >= 0.6 is 11.6 Å².